The molecule has 0 spiro atoms. The minimum absolute atomic E-state index is 0.0672. The van der Waals surface area contributed by atoms with E-state index in [1.807, 2.05) is 50.7 Å². The largest absolute Gasteiger partial charge is 0.444 e. The Balaban J connectivity index is 1.39. The zero-order valence-electron chi connectivity index (χ0n) is 21.9. The van der Waals surface area contributed by atoms with Crippen LogP contribution in [0.2, 0.25) is 0 Å². The van der Waals surface area contributed by atoms with Gasteiger partial charge in [0.05, 0.1) is 33.3 Å². The quantitative estimate of drug-likeness (QED) is 0.298. The molecule has 1 saturated heterocycles. The molecule has 0 aliphatic carbocycles. The molecule has 1 aliphatic heterocycles. The number of benzene rings is 1. The molecule has 10 nitrogen and oxygen atoms in total. The number of nitrogens with one attached hydrogen (secondary N) is 2. The number of thiazole rings is 1. The molecule has 4 aromatic heterocycles. The first-order valence-corrected chi connectivity index (χ1v) is 13.6. The van der Waals surface area contributed by atoms with Gasteiger partial charge < -0.3 is 15.0 Å². The third-order valence-electron chi connectivity index (χ3n) is 6.56. The van der Waals surface area contributed by atoms with Crippen LogP contribution in [-0.4, -0.2) is 59.5 Å². The highest BCUT2D eigenvalue weighted by Crippen LogP contribution is 2.33. The van der Waals surface area contributed by atoms with Gasteiger partial charge in [0.2, 0.25) is 0 Å². The average molecular weight is 531 g/mol. The zero-order valence-corrected chi connectivity index (χ0v) is 22.7. The lowest BCUT2D eigenvalue weighted by Crippen LogP contribution is -2.42. The smallest absolute Gasteiger partial charge is 0.410 e. The molecule has 5 heterocycles. The first kappa shape index (κ1) is 24.4. The fourth-order valence-electron chi connectivity index (χ4n) is 4.86. The summed E-state index contributed by atoms with van der Waals surface area (Å²) in [6, 6.07) is 8.23. The predicted molar refractivity (Wildman–Crippen MR) is 148 cm³/mol. The maximum absolute atomic E-state index is 12.8. The number of aromatic amines is 1. The van der Waals surface area contributed by atoms with E-state index in [1.54, 1.807) is 22.4 Å². The number of aryl methyl sites for hydroxylation is 1. The summed E-state index contributed by atoms with van der Waals surface area (Å²) in [6.45, 7) is 8.92. The van der Waals surface area contributed by atoms with E-state index < -0.39 is 5.60 Å². The Kier molecular flexibility index (Phi) is 6.02. The van der Waals surface area contributed by atoms with Crippen LogP contribution < -0.4 is 5.32 Å². The molecule has 196 valence electrons. The lowest BCUT2D eigenvalue weighted by atomic mass is 9.94. The lowest BCUT2D eigenvalue weighted by molar-refractivity contribution is 0.0197. The fraction of sp³-hybridized carbons (Fsp3) is 0.370. The van der Waals surface area contributed by atoms with Crippen LogP contribution in [0, 0.1) is 6.92 Å². The Morgan fingerprint density at radius 2 is 2.08 bits per heavy atom. The average Bonchev–Trinajstić information content (AvgIpc) is 3.61. The summed E-state index contributed by atoms with van der Waals surface area (Å²) >= 11 is 1.68. The number of amides is 1. The molecule has 1 aliphatic rings. The van der Waals surface area contributed by atoms with Crippen molar-refractivity contribution in [2.45, 2.75) is 52.1 Å². The molecule has 38 heavy (non-hydrogen) atoms. The maximum Gasteiger partial charge on any atom is 0.410 e. The van der Waals surface area contributed by atoms with Crippen LogP contribution >= 0.6 is 11.3 Å². The number of nitrogens with zero attached hydrogens (tertiary/aromatic N) is 6. The highest BCUT2D eigenvalue weighted by molar-refractivity contribution is 7.18. The van der Waals surface area contributed by atoms with Gasteiger partial charge in [-0.25, -0.2) is 14.8 Å². The molecule has 0 radical (unpaired) electrons. The fourth-order valence-corrected chi connectivity index (χ4v) is 5.67. The number of hydrogen-bond acceptors (Lipinski definition) is 8. The molecule has 1 amide bonds. The lowest BCUT2D eigenvalue weighted by Gasteiger charge is -2.34. The van der Waals surface area contributed by atoms with E-state index in [2.05, 4.69) is 43.8 Å². The van der Waals surface area contributed by atoms with E-state index in [1.165, 1.54) is 0 Å². The minimum Gasteiger partial charge on any atom is -0.444 e. The van der Waals surface area contributed by atoms with E-state index in [4.69, 9.17) is 9.72 Å². The second kappa shape index (κ2) is 9.39. The van der Waals surface area contributed by atoms with Crippen molar-refractivity contribution >= 4 is 44.8 Å². The van der Waals surface area contributed by atoms with E-state index in [-0.39, 0.29) is 12.0 Å². The molecule has 0 bridgehead atoms. The Bertz CT molecular complexity index is 1620. The molecule has 1 fully saturated rings. The number of ether oxygens (including phenoxy) is 1. The number of carbonyl (C=O) groups is 1. The van der Waals surface area contributed by atoms with Gasteiger partial charge in [0.1, 0.15) is 11.4 Å². The van der Waals surface area contributed by atoms with Gasteiger partial charge in [0.25, 0.3) is 0 Å². The molecule has 1 unspecified atom stereocenters. The second-order valence-electron chi connectivity index (χ2n) is 10.7. The van der Waals surface area contributed by atoms with Gasteiger partial charge in [0.15, 0.2) is 5.65 Å². The molecular formula is C27H30N8O2S. The van der Waals surface area contributed by atoms with E-state index in [9.17, 15) is 4.79 Å². The van der Waals surface area contributed by atoms with Gasteiger partial charge in [-0.05, 0) is 58.7 Å². The molecule has 6 rings (SSSR count). The molecule has 1 aromatic carbocycles. The van der Waals surface area contributed by atoms with Crippen LogP contribution in [0.3, 0.4) is 0 Å². The van der Waals surface area contributed by atoms with Crippen LogP contribution in [0.25, 0.3) is 27.0 Å². The number of anilines is 2. The summed E-state index contributed by atoms with van der Waals surface area (Å²) in [5, 5.41) is 16.2. The van der Waals surface area contributed by atoms with Crippen LogP contribution in [0.1, 0.15) is 50.2 Å². The van der Waals surface area contributed by atoms with E-state index in [0.29, 0.717) is 13.1 Å². The minimum atomic E-state index is -0.535. The summed E-state index contributed by atoms with van der Waals surface area (Å²) in [7, 11) is 0. The maximum atomic E-state index is 12.8. The number of fused-ring (bicyclic) bond motifs is 2. The topological polar surface area (TPSA) is 113 Å². The summed E-state index contributed by atoms with van der Waals surface area (Å²) in [6.07, 6.45) is 6.94. The molecule has 11 heteroatoms. The Labute approximate surface area is 224 Å². The summed E-state index contributed by atoms with van der Waals surface area (Å²) in [5.41, 5.74) is 4.77. The number of aromatic nitrogens is 6. The van der Waals surface area contributed by atoms with Gasteiger partial charge in [-0.3, -0.25) is 5.10 Å². The van der Waals surface area contributed by atoms with Gasteiger partial charge >= 0.3 is 6.09 Å². The first-order chi connectivity index (χ1) is 18.2. The van der Waals surface area contributed by atoms with Crippen molar-refractivity contribution in [2.24, 2.45) is 0 Å². The summed E-state index contributed by atoms with van der Waals surface area (Å²) in [4.78, 5) is 24.3. The second-order valence-corrected chi connectivity index (χ2v) is 11.9. The van der Waals surface area contributed by atoms with Crippen LogP contribution in [0.4, 0.5) is 16.3 Å². The molecule has 5 aromatic rings. The number of carbonyl (C=O) groups excluding carboxylic acids is 1. The van der Waals surface area contributed by atoms with Crippen molar-refractivity contribution in [2.75, 3.05) is 18.4 Å². The number of hydrogen-bond donors (Lipinski definition) is 2. The van der Waals surface area contributed by atoms with E-state index in [0.717, 1.165) is 62.0 Å². The highest BCUT2D eigenvalue weighted by atomic mass is 32.1. The van der Waals surface area contributed by atoms with Crippen molar-refractivity contribution in [3.05, 3.63) is 53.6 Å². The SMILES string of the molecule is Cc1nc2cc(Nc3cc(C4CCCN(C(=O)OC(C)(C)C)C4)nc4c(-c5cn[nH]c5)cnn34)ccc2s1. The number of piperidine rings is 1. The van der Waals surface area contributed by atoms with Crippen molar-refractivity contribution in [3.8, 4) is 11.1 Å². The molecule has 2 N–H and O–H groups in total. The molecule has 0 saturated carbocycles. The van der Waals surface area contributed by atoms with E-state index >= 15 is 0 Å². The Hall–Kier alpha value is -3.99. The van der Waals surface area contributed by atoms with Gasteiger partial charge in [-0.15, -0.1) is 11.3 Å². The molecular weight excluding hydrogens is 500 g/mol. The van der Waals surface area contributed by atoms with Crippen LogP contribution in [0.5, 0.6) is 0 Å². The van der Waals surface area contributed by atoms with Crippen molar-refractivity contribution < 1.29 is 9.53 Å². The van der Waals surface area contributed by atoms with Crippen LogP contribution in [0.15, 0.2) is 42.9 Å². The zero-order chi connectivity index (χ0) is 26.4. The van der Waals surface area contributed by atoms with Gasteiger partial charge in [0, 0.05) is 48.1 Å². The first-order valence-electron chi connectivity index (χ1n) is 12.7. The number of rotatable bonds is 4. The third-order valence-corrected chi connectivity index (χ3v) is 7.51. The third kappa shape index (κ3) is 4.81. The summed E-state index contributed by atoms with van der Waals surface area (Å²) in [5.74, 6) is 0.859. The van der Waals surface area contributed by atoms with Crippen molar-refractivity contribution in [1.29, 1.82) is 0 Å². The summed E-state index contributed by atoms with van der Waals surface area (Å²) < 4.78 is 8.62. The highest BCUT2D eigenvalue weighted by Gasteiger charge is 2.30. The standard InChI is InChI=1S/C27H30N8O2S/c1-16-31-22-10-19(7-8-23(22)38-16)32-24-11-21(17-6-5-9-34(15-17)26(36)37-27(2,3)4)33-25-20(14-30-35(24)25)18-12-28-29-13-18/h7-8,10-14,17,32H,5-6,9,15H2,1-4H3,(H,28,29). The number of H-pyrrole nitrogens is 1. The molecule has 1 atom stereocenters. The Morgan fingerprint density at radius 1 is 1.21 bits per heavy atom. The number of likely N-dealkylation sites (tertiary alicyclic amines) is 1. The van der Waals surface area contributed by atoms with Crippen LogP contribution in [-0.2, 0) is 4.74 Å². The van der Waals surface area contributed by atoms with Gasteiger partial charge in [-0.2, -0.15) is 14.7 Å². The van der Waals surface area contributed by atoms with Gasteiger partial charge in [-0.1, -0.05) is 0 Å². The Morgan fingerprint density at radius 3 is 2.87 bits per heavy atom. The predicted octanol–water partition coefficient (Wildman–Crippen LogP) is 5.90. The monoisotopic (exact) mass is 530 g/mol. The van der Waals surface area contributed by atoms with Crippen molar-refractivity contribution in [1.82, 2.24) is 34.7 Å². The van der Waals surface area contributed by atoms with Crippen molar-refractivity contribution in [3.63, 3.8) is 0 Å². The normalized spacial score (nSPS) is 16.3.